The number of carbonyl (C=O) groups excluding carboxylic acids is 11. The van der Waals surface area contributed by atoms with E-state index in [1.54, 1.807) is 115 Å². The highest BCUT2D eigenvalue weighted by Gasteiger charge is 2.48. The number of imide groups is 5. The third-order valence-corrected chi connectivity index (χ3v) is 29.1. The number of hydrazine groups is 3. The van der Waals surface area contributed by atoms with Gasteiger partial charge in [0.1, 0.15) is 40.7 Å². The molecule has 0 spiro atoms. The number of aliphatic hydroxyl groups is 1. The van der Waals surface area contributed by atoms with E-state index in [-0.39, 0.29) is 68.9 Å². The van der Waals surface area contributed by atoms with Crippen LogP contribution in [0.4, 0.5) is 15.4 Å². The molecule has 11 amide bonds. The van der Waals surface area contributed by atoms with Gasteiger partial charge in [0.2, 0.25) is 17.7 Å². The van der Waals surface area contributed by atoms with Gasteiger partial charge in [-0.05, 0) is 180 Å². The van der Waals surface area contributed by atoms with Crippen molar-refractivity contribution in [1.29, 1.82) is 15.8 Å². The first kappa shape index (κ1) is 116. The fraction of sp³-hybridized carbons (Fsp3) is 0.435. The maximum absolute atomic E-state index is 14.7. The minimum atomic E-state index is -1.04. The standard InChI is InChI=1S/C45H57N5O4S.C36H39N5O4S.C34H45N5O5S/c1-7-12-21-33(10-4)30-48(31-34(11-5)22-13-8-2)45-47-41(35-23-17-15-18-24-35)40(55-45)28-38-37(27-14-9-3)39(29-46)44(54)50(43(38)53)49(32(6)51)42(52)36-25-19-16-20-26-36;1-7-9-19-39(20-10-8-2)36-38-32(31-23(3)15-14-16-24(31)4)30(46-36)21-28-25(5)29(22-37)35(45)41(34(28)44)40(26(6)42)33(43)27-17-12-11-13-18-27;1-9-12-17-37(18-13-10-2)33-36-29(28-23(21-40)15-14-16-26(28)44-8)27(45-33)19-24-22(4)25(20-35)31(42)39(30(24)41)38(11-3)32(43)34(5,6)7/h15-20,23-26,28,33-34H,7-14,21-22,27,30-31H2,1-6H3;11-18,21H,7-10,19-20H2,1-6H3;14-16,19,40H,9-13,17-18,21H2,1-8H3/b38-28-;28-21-;24-19-. The molecule has 0 radical (unpaired) electrons. The van der Waals surface area contributed by atoms with Gasteiger partial charge >= 0.3 is 0 Å². The molecule has 28 nitrogen and oxygen atoms in total. The second kappa shape index (κ2) is 55.5. The quantitative estimate of drug-likeness (QED) is 0.0274. The first-order valence-electron chi connectivity index (χ1n) is 51.0. The van der Waals surface area contributed by atoms with Crippen LogP contribution < -0.4 is 19.4 Å². The van der Waals surface area contributed by atoms with E-state index in [9.17, 15) is 73.6 Å². The Labute approximate surface area is 873 Å². The zero-order chi connectivity index (χ0) is 107. The number of nitrogens with zero attached hydrogens (tertiary/aromatic N) is 15. The zero-order valence-corrected chi connectivity index (χ0v) is 90.8. The predicted molar refractivity (Wildman–Crippen MR) is 579 cm³/mol. The van der Waals surface area contributed by atoms with E-state index in [4.69, 9.17) is 19.7 Å². The number of anilines is 3. The van der Waals surface area contributed by atoms with E-state index in [0.717, 1.165) is 197 Å². The molecule has 772 valence electrons. The lowest BCUT2D eigenvalue weighted by Gasteiger charge is -2.38. The zero-order valence-electron chi connectivity index (χ0n) is 88.4. The summed E-state index contributed by atoms with van der Waals surface area (Å²) in [6, 6.07) is 43.0. The number of aromatic nitrogens is 3. The Balaban J connectivity index is 0.000000245. The Hall–Kier alpha value is -13.8. The molecule has 2 atom stereocenters. The molecule has 5 aromatic carbocycles. The van der Waals surface area contributed by atoms with Crippen molar-refractivity contribution in [2.45, 2.75) is 260 Å². The summed E-state index contributed by atoms with van der Waals surface area (Å²) < 4.78 is 5.70. The van der Waals surface area contributed by atoms with Crippen LogP contribution >= 0.6 is 34.0 Å². The summed E-state index contributed by atoms with van der Waals surface area (Å²) in [5, 5.41) is 47.3. The number of carbonyl (C=O) groups is 11. The number of rotatable bonds is 44. The molecule has 146 heavy (non-hydrogen) atoms. The molecule has 0 bridgehead atoms. The van der Waals surface area contributed by atoms with Crippen molar-refractivity contribution in [3.63, 3.8) is 0 Å². The van der Waals surface area contributed by atoms with Crippen molar-refractivity contribution in [3.8, 4) is 57.7 Å². The monoisotopic (exact) mass is 2040 g/mol. The van der Waals surface area contributed by atoms with E-state index in [0.29, 0.717) is 98.9 Å². The van der Waals surface area contributed by atoms with Gasteiger partial charge in [-0.25, -0.2) is 20.0 Å². The molecule has 3 aliphatic rings. The molecule has 1 N–H and O–H groups in total. The molecule has 3 aromatic heterocycles. The SMILES string of the molecule is CCCCC1=C(C#N)C(=O)N(N(C(C)=O)C(=O)c2ccccc2)C(=O)/C1=C\c1sc(N(CC(CC)CCCC)CC(CC)CCCC)nc1-c1ccccc1.CCCCN(CCCC)c1nc(-c2c(C)cccc2C)c(/C=C2\C(=O)N(N(C(C)=O)C(=O)c3ccccc3)C(=O)C(C#N)=C2C)s1.CCCCN(CCCC)c1nc(-c2c(CO)cccc2OC)c(/C=C2\C(=O)N(N(CC)C(=O)C(C)(C)C)C(=O)C(C#N)=C2C)s1. The molecule has 0 fully saturated rings. The molecule has 0 aliphatic carbocycles. The van der Waals surface area contributed by atoms with Gasteiger partial charge in [-0.2, -0.15) is 40.8 Å². The highest BCUT2D eigenvalue weighted by Crippen LogP contribution is 2.46. The van der Waals surface area contributed by atoms with E-state index in [1.165, 1.54) is 78.0 Å². The lowest BCUT2D eigenvalue weighted by Crippen LogP contribution is -2.57. The number of aryl methyl sites for hydroxylation is 2. The van der Waals surface area contributed by atoms with Crippen LogP contribution in [0.25, 0.3) is 52.0 Å². The van der Waals surface area contributed by atoms with Crippen LogP contribution in [0.5, 0.6) is 5.75 Å². The van der Waals surface area contributed by atoms with Crippen LogP contribution in [-0.4, -0.2) is 168 Å². The Morgan fingerprint density at radius 1 is 0.445 bits per heavy atom. The molecule has 31 heteroatoms. The normalized spacial score (nSPS) is 14.6. The highest BCUT2D eigenvalue weighted by atomic mass is 32.1. The Morgan fingerprint density at radius 2 is 0.815 bits per heavy atom. The van der Waals surface area contributed by atoms with Gasteiger partial charge in [-0.3, -0.25) is 52.7 Å². The van der Waals surface area contributed by atoms with Crippen molar-refractivity contribution in [2.24, 2.45) is 17.3 Å². The summed E-state index contributed by atoms with van der Waals surface area (Å²) in [4.78, 5) is 175. The van der Waals surface area contributed by atoms with E-state index >= 15 is 0 Å². The van der Waals surface area contributed by atoms with Crippen LogP contribution in [0.15, 0.2) is 178 Å². The van der Waals surface area contributed by atoms with Crippen molar-refractivity contribution in [3.05, 3.63) is 220 Å². The molecule has 0 saturated carbocycles. The van der Waals surface area contributed by atoms with Crippen LogP contribution in [-0.2, 0) is 49.8 Å². The van der Waals surface area contributed by atoms with Gasteiger partial charge in [0.25, 0.3) is 47.3 Å². The van der Waals surface area contributed by atoms with E-state index in [1.807, 2.05) is 87.5 Å². The van der Waals surface area contributed by atoms with Crippen LogP contribution in [0.1, 0.15) is 292 Å². The molecule has 6 heterocycles. The first-order valence-corrected chi connectivity index (χ1v) is 53.5. The van der Waals surface area contributed by atoms with Crippen LogP contribution in [0.2, 0.25) is 0 Å². The molecule has 11 rings (SSSR count). The van der Waals surface area contributed by atoms with Crippen LogP contribution in [0.3, 0.4) is 0 Å². The number of benzene rings is 5. The topological polar surface area (TPSA) is 356 Å². The van der Waals surface area contributed by atoms with E-state index in [2.05, 4.69) is 70.1 Å². The molecule has 0 saturated heterocycles. The Kier molecular flexibility index (Phi) is 44.0. The lowest BCUT2D eigenvalue weighted by atomic mass is 9.90. The van der Waals surface area contributed by atoms with Gasteiger partial charge in [-0.1, -0.05) is 285 Å². The maximum atomic E-state index is 14.7. The molecular formula is C115H141N15O13S3. The van der Waals surface area contributed by atoms with Gasteiger partial charge in [0.15, 0.2) is 15.4 Å². The van der Waals surface area contributed by atoms with Crippen molar-refractivity contribution < 1.29 is 62.6 Å². The number of aliphatic hydroxyl groups excluding tert-OH is 1. The number of hydrogen-bond donors (Lipinski definition) is 1. The molecule has 8 aromatic rings. The van der Waals surface area contributed by atoms with Gasteiger partial charge < -0.3 is 24.5 Å². The largest absolute Gasteiger partial charge is 0.496 e. The lowest BCUT2D eigenvalue weighted by molar-refractivity contribution is -0.173. The predicted octanol–water partition coefficient (Wildman–Crippen LogP) is 23.6. The minimum absolute atomic E-state index is 0.0274. The average molecular weight is 2040 g/mol. The summed E-state index contributed by atoms with van der Waals surface area (Å²) in [7, 11) is 1.55. The first-order chi connectivity index (χ1) is 70.1. The Morgan fingerprint density at radius 3 is 1.21 bits per heavy atom. The van der Waals surface area contributed by atoms with Gasteiger partial charge in [0.05, 0.1) is 45.4 Å². The second-order valence-corrected chi connectivity index (χ2v) is 40.6. The Bertz CT molecular complexity index is 6300. The van der Waals surface area contributed by atoms with Crippen molar-refractivity contribution >= 4 is 133 Å². The number of amides is 11. The number of thiazole rings is 3. The molecular weight excluding hydrogens is 1900 g/mol. The fourth-order valence-electron chi connectivity index (χ4n) is 17.5. The number of unbranched alkanes of at least 4 members (excludes halogenated alkanes) is 7. The van der Waals surface area contributed by atoms with Gasteiger partial charge in [0, 0.05) is 110 Å². The van der Waals surface area contributed by atoms with Crippen molar-refractivity contribution in [1.82, 2.24) is 45.0 Å². The second-order valence-electron chi connectivity index (χ2n) is 37.5. The summed E-state index contributed by atoms with van der Waals surface area (Å²) in [6.07, 6.45) is 23.7. The summed E-state index contributed by atoms with van der Waals surface area (Å²) in [6.45, 7) is 40.5. The summed E-state index contributed by atoms with van der Waals surface area (Å²) >= 11 is 4.33. The maximum Gasteiger partial charge on any atom is 0.291 e. The fourth-order valence-corrected chi connectivity index (χ4v) is 20.6. The smallest absolute Gasteiger partial charge is 0.291 e. The third kappa shape index (κ3) is 27.7. The number of methoxy groups -OCH3 is 1. The van der Waals surface area contributed by atoms with E-state index < -0.39 is 70.4 Å². The van der Waals surface area contributed by atoms with Crippen molar-refractivity contribution in [2.75, 3.05) is 67.6 Å². The molecule has 2 unspecified atom stereocenters. The molecule has 3 aliphatic heterocycles. The third-order valence-electron chi connectivity index (χ3n) is 25.9. The number of ether oxygens (including phenoxy) is 1. The number of hydrogen-bond acceptors (Lipinski definition) is 25. The van der Waals surface area contributed by atoms with Gasteiger partial charge in [-0.15, -0.1) is 0 Å². The number of nitriles is 3. The highest BCUT2D eigenvalue weighted by molar-refractivity contribution is 7.17. The average Bonchev–Trinajstić information content (AvgIpc) is 1.21. The summed E-state index contributed by atoms with van der Waals surface area (Å²) in [5.41, 5.74) is 6.40. The van der Waals surface area contributed by atoms with Crippen LogP contribution in [0, 0.1) is 65.1 Å². The minimum Gasteiger partial charge on any atom is -0.496 e. The summed E-state index contributed by atoms with van der Waals surface area (Å²) in [5.74, 6) is -7.57.